The smallest absolute Gasteiger partial charge is 0.423 e. The Morgan fingerprint density at radius 2 is 1.11 bits per heavy atom. The number of ether oxygens (including phenoxy) is 4. The largest absolute Gasteiger partial charge is 0.461 e. The van der Waals surface area contributed by atoms with E-state index in [1.807, 2.05) is 13.8 Å². The molecule has 4 unspecified atom stereocenters. The molecule has 2 saturated carbocycles. The first kappa shape index (κ1) is 34.2. The van der Waals surface area contributed by atoms with E-state index in [1.165, 1.54) is 12.1 Å². The van der Waals surface area contributed by atoms with Crippen molar-refractivity contribution in [3.8, 4) is 11.5 Å². The number of anilines is 5. The first-order valence-electron chi connectivity index (χ1n) is 15.4. The average molecular weight is 640 g/mol. The zero-order chi connectivity index (χ0) is 34.1. The van der Waals surface area contributed by atoms with Crippen LogP contribution in [0.2, 0.25) is 0 Å². The summed E-state index contributed by atoms with van der Waals surface area (Å²) in [6.07, 6.45) is 5.78. The molecule has 2 aliphatic rings. The van der Waals surface area contributed by atoms with Gasteiger partial charge in [-0.1, -0.05) is 53.4 Å². The van der Waals surface area contributed by atoms with Gasteiger partial charge in [0.2, 0.25) is 0 Å². The summed E-state index contributed by atoms with van der Waals surface area (Å²) in [7, 11) is 0. The molecule has 0 aromatic heterocycles. The molecular formula is C33H45N5O8. The summed E-state index contributed by atoms with van der Waals surface area (Å²) in [5.74, 6) is -5.32. The number of hydrogen-bond donors (Lipinski definition) is 5. The molecule has 4 rings (SSSR count). The van der Waals surface area contributed by atoms with Crippen molar-refractivity contribution in [2.75, 3.05) is 41.9 Å². The quantitative estimate of drug-likeness (QED) is 0.117. The first-order valence-corrected chi connectivity index (χ1v) is 15.4. The first-order chi connectivity index (χ1) is 21.5. The van der Waals surface area contributed by atoms with Crippen LogP contribution < -0.4 is 38.1 Å². The number of carbonyl (C=O) groups excluding carboxylic acids is 4. The van der Waals surface area contributed by atoms with Crippen LogP contribution in [0, 0.1) is 29.6 Å². The van der Waals surface area contributed by atoms with E-state index in [9.17, 15) is 19.2 Å². The average Bonchev–Trinajstić information content (AvgIpc) is 3.51. The van der Waals surface area contributed by atoms with Crippen molar-refractivity contribution in [2.45, 2.75) is 73.1 Å². The molecule has 4 atom stereocenters. The molecule has 0 bridgehead atoms. The van der Waals surface area contributed by atoms with Crippen molar-refractivity contribution in [3.05, 3.63) is 28.8 Å². The fourth-order valence-electron chi connectivity index (χ4n) is 6.30. The maximum absolute atomic E-state index is 13.3. The zero-order valence-corrected chi connectivity index (χ0v) is 27.1. The van der Waals surface area contributed by atoms with Gasteiger partial charge in [-0.25, -0.2) is 19.2 Å². The van der Waals surface area contributed by atoms with Crippen molar-refractivity contribution in [1.29, 1.82) is 0 Å². The summed E-state index contributed by atoms with van der Waals surface area (Å²) >= 11 is 0. The van der Waals surface area contributed by atoms with Crippen LogP contribution >= 0.6 is 0 Å². The Labute approximate surface area is 268 Å². The molecule has 0 heterocycles. The van der Waals surface area contributed by atoms with Crippen LogP contribution in [-0.4, -0.2) is 37.1 Å². The summed E-state index contributed by atoms with van der Waals surface area (Å²) in [5, 5.41) is 0. The molecule has 2 fully saturated rings. The Morgan fingerprint density at radius 1 is 0.696 bits per heavy atom. The number of nitrogen functional groups attached to an aromatic ring is 5. The number of rotatable bonds is 8. The summed E-state index contributed by atoms with van der Waals surface area (Å²) in [6, 6.07) is 2.57. The van der Waals surface area contributed by atoms with Gasteiger partial charge in [0.15, 0.2) is 11.5 Å². The minimum Gasteiger partial charge on any atom is -0.461 e. The van der Waals surface area contributed by atoms with Crippen molar-refractivity contribution in [3.63, 3.8) is 0 Å². The highest BCUT2D eigenvalue weighted by Crippen LogP contribution is 2.45. The highest BCUT2D eigenvalue weighted by atomic mass is 16.6. The van der Waals surface area contributed by atoms with E-state index < -0.39 is 40.9 Å². The normalized spacial score (nSPS) is 23.9. The third-order valence-electron chi connectivity index (χ3n) is 10.1. The fourth-order valence-corrected chi connectivity index (χ4v) is 6.30. The highest BCUT2D eigenvalue weighted by molar-refractivity contribution is 6.31. The van der Waals surface area contributed by atoms with Gasteiger partial charge in [0.05, 0.1) is 41.7 Å². The second kappa shape index (κ2) is 13.0. The Balaban J connectivity index is 1.56. The van der Waals surface area contributed by atoms with Crippen LogP contribution in [0.15, 0.2) is 12.1 Å². The Morgan fingerprint density at radius 3 is 1.52 bits per heavy atom. The minimum atomic E-state index is -1.59. The summed E-state index contributed by atoms with van der Waals surface area (Å²) in [4.78, 5) is 52.7. The number of carbonyl (C=O) groups is 4. The Bertz CT molecular complexity index is 1460. The zero-order valence-electron chi connectivity index (χ0n) is 27.1. The number of benzene rings is 2. The molecular weight excluding hydrogens is 594 g/mol. The third-order valence-corrected chi connectivity index (χ3v) is 10.1. The minimum absolute atomic E-state index is 0.0362. The van der Waals surface area contributed by atoms with Gasteiger partial charge >= 0.3 is 23.9 Å². The number of aryl methyl sites for hydroxylation is 1. The van der Waals surface area contributed by atoms with Gasteiger partial charge < -0.3 is 47.6 Å². The molecule has 13 nitrogen and oxygen atoms in total. The molecule has 13 heteroatoms. The molecule has 0 spiro atoms. The molecule has 0 radical (unpaired) electrons. The van der Waals surface area contributed by atoms with Gasteiger partial charge in [0.25, 0.3) is 0 Å². The number of hydrogen-bond acceptors (Lipinski definition) is 13. The number of esters is 4. The SMILES string of the molecule is Cc1cc(N)c(OC(=O)C(=O)Oc2c(N)cc(N)c(N)c2C(=O)OCC2(C)CCCC2C)c(C(=O)OCC2(C)CCCC2C)c1N. The van der Waals surface area contributed by atoms with E-state index in [1.54, 1.807) is 6.92 Å². The molecule has 0 aliphatic heterocycles. The van der Waals surface area contributed by atoms with Crippen molar-refractivity contribution < 1.29 is 38.1 Å². The lowest BCUT2D eigenvalue weighted by atomic mass is 9.82. The standard InChI is InChI=1S/C33H45N5O8/c1-16-12-20(35)26(22(24(16)37)28(39)43-14-32(4)10-6-8-17(32)2)45-30(41)31(42)46-27-21(36)13-19(34)25(38)23(27)29(40)44-15-33(5)11-7-9-18(33)3/h12-13,17-18H,6-11,14-15,34-38H2,1-5H3. The second-order valence-electron chi connectivity index (χ2n) is 13.4. The lowest BCUT2D eigenvalue weighted by Gasteiger charge is -2.28. The Hall–Kier alpha value is -4.68. The van der Waals surface area contributed by atoms with Gasteiger partial charge in [-0.05, 0) is 49.3 Å². The highest BCUT2D eigenvalue weighted by Gasteiger charge is 2.39. The molecule has 10 N–H and O–H groups in total. The van der Waals surface area contributed by atoms with Crippen LogP contribution in [0.1, 0.15) is 92.5 Å². The lowest BCUT2D eigenvalue weighted by Crippen LogP contribution is -2.30. The molecule has 0 amide bonds. The Kier molecular flexibility index (Phi) is 9.64. The number of nitrogens with two attached hydrogens (primary N) is 5. The molecule has 2 aliphatic carbocycles. The van der Waals surface area contributed by atoms with E-state index in [2.05, 4.69) is 13.8 Å². The van der Waals surface area contributed by atoms with E-state index in [4.69, 9.17) is 47.6 Å². The maximum Gasteiger partial charge on any atom is 0.423 e. The second-order valence-corrected chi connectivity index (χ2v) is 13.4. The molecule has 46 heavy (non-hydrogen) atoms. The van der Waals surface area contributed by atoms with Gasteiger partial charge in [-0.2, -0.15) is 0 Å². The molecule has 0 saturated heterocycles. The van der Waals surface area contributed by atoms with Crippen LogP contribution in [0.4, 0.5) is 28.4 Å². The maximum atomic E-state index is 13.3. The van der Waals surface area contributed by atoms with Gasteiger partial charge in [-0.15, -0.1) is 0 Å². The van der Waals surface area contributed by atoms with Gasteiger partial charge in [-0.3, -0.25) is 0 Å². The topological polar surface area (TPSA) is 235 Å². The van der Waals surface area contributed by atoms with Crippen LogP contribution in [0.25, 0.3) is 0 Å². The lowest BCUT2D eigenvalue weighted by molar-refractivity contribution is -0.156. The van der Waals surface area contributed by atoms with E-state index in [0.717, 1.165) is 38.5 Å². The van der Waals surface area contributed by atoms with Crippen molar-refractivity contribution in [1.82, 2.24) is 0 Å². The predicted octanol–water partition coefficient (Wildman–Crippen LogP) is 4.38. The van der Waals surface area contributed by atoms with Crippen molar-refractivity contribution in [2.24, 2.45) is 22.7 Å². The van der Waals surface area contributed by atoms with Crippen LogP contribution in [0.5, 0.6) is 11.5 Å². The summed E-state index contributed by atoms with van der Waals surface area (Å²) in [5.41, 5.74) is 28.9. The summed E-state index contributed by atoms with van der Waals surface area (Å²) < 4.78 is 21.8. The van der Waals surface area contributed by atoms with Gasteiger partial charge in [0, 0.05) is 10.8 Å². The van der Waals surface area contributed by atoms with Crippen LogP contribution in [0.3, 0.4) is 0 Å². The summed E-state index contributed by atoms with van der Waals surface area (Å²) in [6.45, 7) is 10.1. The van der Waals surface area contributed by atoms with E-state index in [-0.39, 0.29) is 58.0 Å². The van der Waals surface area contributed by atoms with Crippen LogP contribution in [-0.2, 0) is 19.1 Å². The van der Waals surface area contributed by atoms with Gasteiger partial charge in [0.1, 0.15) is 11.1 Å². The molecule has 2 aromatic carbocycles. The molecule has 2 aromatic rings. The molecule has 250 valence electrons. The van der Waals surface area contributed by atoms with E-state index in [0.29, 0.717) is 17.4 Å². The van der Waals surface area contributed by atoms with E-state index >= 15 is 0 Å². The monoisotopic (exact) mass is 639 g/mol. The fraction of sp³-hybridized carbons (Fsp3) is 0.515. The third kappa shape index (κ3) is 6.63. The van der Waals surface area contributed by atoms with Crippen molar-refractivity contribution >= 4 is 52.3 Å². The predicted molar refractivity (Wildman–Crippen MR) is 174 cm³/mol.